The molecule has 0 radical (unpaired) electrons. The zero-order chi connectivity index (χ0) is 26.1. The van der Waals surface area contributed by atoms with Gasteiger partial charge >= 0.3 is 12.0 Å². The number of para-hydroxylation sites is 1. The molecular weight excluding hydrogens is 474 g/mol. The Morgan fingerprint density at radius 1 is 1.11 bits per heavy atom. The van der Waals surface area contributed by atoms with Gasteiger partial charge in [-0.15, -0.1) is 0 Å². The first kappa shape index (κ1) is 25.1. The maximum Gasteiger partial charge on any atom is 0.354 e. The number of carbonyl (C=O) groups excluding carboxylic acids is 2. The standard InChI is InChI=1S/C26H25N7O4/c34-17-29-26(24(35)36,32-25(37)31-20-7-2-1-3-8-20)21(9-6-14-28-23-10-4-5-13-27-23)18-11-12-22-19(15-18)16-30-33-22/h1-5,7-8,10-13,15-16,21H,6,9,14H2,(H,27,28)(H,30,33)(H,35,36)(H2,31,32,37)/t21?,26-/m1/s1. The molecule has 2 atom stereocenters. The number of rotatable bonds is 11. The lowest BCUT2D eigenvalue weighted by Crippen LogP contribution is -2.58. The minimum Gasteiger partial charge on any atom is -0.478 e. The number of isocyanates is 1. The molecule has 2 aromatic heterocycles. The van der Waals surface area contributed by atoms with Gasteiger partial charge in [-0.3, -0.25) is 5.10 Å². The Bertz CT molecular complexity index is 1400. The van der Waals surface area contributed by atoms with E-state index in [4.69, 9.17) is 0 Å². The van der Waals surface area contributed by atoms with Crippen molar-refractivity contribution in [2.45, 2.75) is 24.4 Å². The summed E-state index contributed by atoms with van der Waals surface area (Å²) >= 11 is 0. The lowest BCUT2D eigenvalue weighted by Gasteiger charge is -2.34. The number of carbonyl (C=O) groups is 2. The Kier molecular flexibility index (Phi) is 7.87. The van der Waals surface area contributed by atoms with Crippen molar-refractivity contribution in [2.24, 2.45) is 4.99 Å². The lowest BCUT2D eigenvalue weighted by molar-refractivity contribution is -0.145. The van der Waals surface area contributed by atoms with E-state index in [1.54, 1.807) is 67.0 Å². The number of carboxylic acids is 1. The quantitative estimate of drug-likeness (QED) is 0.119. The maximum atomic E-state index is 12.9. The molecule has 11 nitrogen and oxygen atoms in total. The molecule has 5 N–H and O–H groups in total. The SMILES string of the molecule is O=C=N[C@](NC(=O)Nc1ccccc1)(C(=O)O)C(CCCNc1ccccn1)c1ccc2[nH]ncc2c1. The van der Waals surface area contributed by atoms with Crippen LogP contribution in [0.15, 0.2) is 84.1 Å². The molecule has 0 aliphatic rings. The number of carboxylic acid groups (broad SMARTS) is 1. The maximum absolute atomic E-state index is 12.9. The van der Waals surface area contributed by atoms with Gasteiger partial charge in [0.05, 0.1) is 11.7 Å². The highest BCUT2D eigenvalue weighted by Crippen LogP contribution is 2.36. The van der Waals surface area contributed by atoms with Crippen molar-refractivity contribution in [1.82, 2.24) is 20.5 Å². The highest BCUT2D eigenvalue weighted by Gasteiger charge is 2.48. The molecule has 11 heteroatoms. The van der Waals surface area contributed by atoms with Gasteiger partial charge in [-0.2, -0.15) is 10.1 Å². The fourth-order valence-corrected chi connectivity index (χ4v) is 4.16. The molecule has 37 heavy (non-hydrogen) atoms. The van der Waals surface area contributed by atoms with Crippen molar-refractivity contribution >= 4 is 40.5 Å². The number of aromatic amines is 1. The Morgan fingerprint density at radius 3 is 2.65 bits per heavy atom. The molecule has 0 spiro atoms. The number of H-pyrrole nitrogens is 1. The molecule has 2 amide bonds. The summed E-state index contributed by atoms with van der Waals surface area (Å²) in [5, 5.41) is 26.2. The Hall–Kier alpha value is -5.02. The van der Waals surface area contributed by atoms with E-state index in [0.29, 0.717) is 30.0 Å². The Balaban J connectivity index is 1.65. The van der Waals surface area contributed by atoms with Crippen LogP contribution in [0.3, 0.4) is 0 Å². The third kappa shape index (κ3) is 5.98. The summed E-state index contributed by atoms with van der Waals surface area (Å²) < 4.78 is 0. The molecule has 2 heterocycles. The van der Waals surface area contributed by atoms with Crippen LogP contribution in [0, 0.1) is 0 Å². The van der Waals surface area contributed by atoms with Crippen molar-refractivity contribution in [3.63, 3.8) is 0 Å². The number of aliphatic carboxylic acids is 1. The normalized spacial score (nSPS) is 13.1. The average molecular weight is 500 g/mol. The van der Waals surface area contributed by atoms with Crippen molar-refractivity contribution in [2.75, 3.05) is 17.2 Å². The molecule has 0 bridgehead atoms. The summed E-state index contributed by atoms with van der Waals surface area (Å²) in [6.07, 6.45) is 5.38. The molecule has 1 unspecified atom stereocenters. The molecule has 4 rings (SSSR count). The molecule has 2 aromatic carbocycles. The first-order chi connectivity index (χ1) is 18.0. The van der Waals surface area contributed by atoms with E-state index in [-0.39, 0.29) is 6.42 Å². The largest absolute Gasteiger partial charge is 0.478 e. The zero-order valence-corrected chi connectivity index (χ0v) is 19.7. The summed E-state index contributed by atoms with van der Waals surface area (Å²) in [6.45, 7) is 0.470. The summed E-state index contributed by atoms with van der Waals surface area (Å²) in [5.41, 5.74) is -0.546. The van der Waals surface area contributed by atoms with Gasteiger partial charge in [0.1, 0.15) is 5.82 Å². The first-order valence-electron chi connectivity index (χ1n) is 11.6. The van der Waals surface area contributed by atoms with E-state index < -0.39 is 23.6 Å². The third-order valence-electron chi connectivity index (χ3n) is 5.90. The van der Waals surface area contributed by atoms with Crippen LogP contribution in [0.5, 0.6) is 0 Å². The monoisotopic (exact) mass is 499 g/mol. The van der Waals surface area contributed by atoms with E-state index in [2.05, 4.69) is 36.1 Å². The lowest BCUT2D eigenvalue weighted by atomic mass is 9.82. The Labute approximate surface area is 212 Å². The fraction of sp³-hybridized carbons (Fsp3) is 0.192. The van der Waals surface area contributed by atoms with Gasteiger partial charge in [0, 0.05) is 29.7 Å². The van der Waals surface area contributed by atoms with Crippen LogP contribution in [0.4, 0.5) is 16.3 Å². The van der Waals surface area contributed by atoms with Crippen molar-refractivity contribution in [3.05, 3.63) is 84.7 Å². The number of aromatic nitrogens is 3. The highest BCUT2D eigenvalue weighted by molar-refractivity contribution is 5.95. The molecule has 188 valence electrons. The van der Waals surface area contributed by atoms with E-state index >= 15 is 0 Å². The summed E-state index contributed by atoms with van der Waals surface area (Å²) in [5.74, 6) is -1.73. The number of nitrogens with one attached hydrogen (secondary N) is 4. The number of aliphatic imine (C=N–C) groups is 1. The van der Waals surface area contributed by atoms with Gasteiger partial charge in [-0.25, -0.2) is 19.4 Å². The molecule has 0 aliphatic carbocycles. The molecular formula is C26H25N7O4. The van der Waals surface area contributed by atoms with E-state index in [9.17, 15) is 19.5 Å². The number of amides is 2. The number of hydrogen-bond acceptors (Lipinski definition) is 7. The van der Waals surface area contributed by atoms with E-state index in [1.807, 2.05) is 12.1 Å². The predicted molar refractivity (Wildman–Crippen MR) is 138 cm³/mol. The van der Waals surface area contributed by atoms with Gasteiger partial charge in [0.25, 0.3) is 0 Å². The molecule has 4 aromatic rings. The second-order valence-electron chi connectivity index (χ2n) is 8.27. The average Bonchev–Trinajstić information content (AvgIpc) is 3.37. The molecule has 0 saturated heterocycles. The number of urea groups is 1. The van der Waals surface area contributed by atoms with Crippen molar-refractivity contribution < 1.29 is 19.5 Å². The number of anilines is 2. The van der Waals surface area contributed by atoms with Crippen LogP contribution in [0.25, 0.3) is 10.9 Å². The van der Waals surface area contributed by atoms with Gasteiger partial charge in [0.15, 0.2) is 0 Å². The van der Waals surface area contributed by atoms with Crippen molar-refractivity contribution in [3.8, 4) is 0 Å². The van der Waals surface area contributed by atoms with Gasteiger partial charge in [0.2, 0.25) is 11.7 Å². The van der Waals surface area contributed by atoms with E-state index in [1.165, 1.54) is 6.08 Å². The third-order valence-corrected chi connectivity index (χ3v) is 5.90. The minimum absolute atomic E-state index is 0.256. The number of pyridine rings is 1. The molecule has 0 aliphatic heterocycles. The summed E-state index contributed by atoms with van der Waals surface area (Å²) in [7, 11) is 0. The minimum atomic E-state index is -2.32. The first-order valence-corrected chi connectivity index (χ1v) is 11.6. The smallest absolute Gasteiger partial charge is 0.354 e. The van der Waals surface area contributed by atoms with Crippen LogP contribution < -0.4 is 16.0 Å². The number of fused-ring (bicyclic) bond motifs is 1. The van der Waals surface area contributed by atoms with Crippen LogP contribution in [0.1, 0.15) is 24.3 Å². The highest BCUT2D eigenvalue weighted by atomic mass is 16.4. The van der Waals surface area contributed by atoms with Crippen molar-refractivity contribution in [1.29, 1.82) is 0 Å². The zero-order valence-electron chi connectivity index (χ0n) is 19.7. The van der Waals surface area contributed by atoms with Gasteiger partial charge in [-0.1, -0.05) is 30.3 Å². The topological polar surface area (TPSA) is 161 Å². The van der Waals surface area contributed by atoms with Crippen LogP contribution in [-0.4, -0.2) is 50.6 Å². The summed E-state index contributed by atoms with van der Waals surface area (Å²) in [6, 6.07) is 18.4. The second-order valence-corrected chi connectivity index (χ2v) is 8.27. The summed E-state index contributed by atoms with van der Waals surface area (Å²) in [4.78, 5) is 45.1. The Morgan fingerprint density at radius 2 is 1.92 bits per heavy atom. The number of nitrogens with zero attached hydrogens (tertiary/aromatic N) is 3. The van der Waals surface area contributed by atoms with E-state index in [0.717, 1.165) is 10.9 Å². The fourth-order valence-electron chi connectivity index (χ4n) is 4.16. The van der Waals surface area contributed by atoms with Gasteiger partial charge in [-0.05, 0) is 54.8 Å². The predicted octanol–water partition coefficient (Wildman–Crippen LogP) is 3.87. The van der Waals surface area contributed by atoms with Gasteiger partial charge < -0.3 is 21.1 Å². The number of hydrogen-bond donors (Lipinski definition) is 5. The van der Waals surface area contributed by atoms with Crippen LogP contribution in [0.2, 0.25) is 0 Å². The molecule has 0 fully saturated rings. The van der Waals surface area contributed by atoms with Crippen LogP contribution in [-0.2, 0) is 9.59 Å². The molecule has 0 saturated carbocycles. The second kappa shape index (κ2) is 11.6. The van der Waals surface area contributed by atoms with Crippen LogP contribution >= 0.6 is 0 Å². The number of benzene rings is 2.